The maximum Gasteiger partial charge on any atom is 0.238 e. The van der Waals surface area contributed by atoms with Gasteiger partial charge in [0.1, 0.15) is 12.2 Å². The summed E-state index contributed by atoms with van der Waals surface area (Å²) in [6.45, 7) is 0. The number of nitrogens with one attached hydrogen (secondary N) is 1. The van der Waals surface area contributed by atoms with Crippen LogP contribution >= 0.6 is 11.6 Å². The zero-order chi connectivity index (χ0) is 14.4. The summed E-state index contributed by atoms with van der Waals surface area (Å²) < 4.78 is 5.69. The highest BCUT2D eigenvalue weighted by molar-refractivity contribution is 6.30. The highest BCUT2D eigenvalue weighted by atomic mass is 35.5. The Bertz CT molecular complexity index is 648. The monoisotopic (exact) mass is 286 g/mol. The van der Waals surface area contributed by atoms with Crippen molar-refractivity contribution in [2.24, 2.45) is 0 Å². The number of carbonyl (C=O) groups is 1. The average molecular weight is 287 g/mol. The molecule has 0 bridgehead atoms. The van der Waals surface area contributed by atoms with Crippen LogP contribution in [-0.4, -0.2) is 5.91 Å². The van der Waals surface area contributed by atoms with Gasteiger partial charge in [0.25, 0.3) is 0 Å². The van der Waals surface area contributed by atoms with Crippen molar-refractivity contribution in [3.63, 3.8) is 0 Å². The number of para-hydroxylation sites is 2. The first kappa shape index (κ1) is 13.9. The molecule has 0 atom stereocenters. The Morgan fingerprint density at radius 3 is 2.60 bits per heavy atom. The van der Waals surface area contributed by atoms with E-state index in [1.807, 2.05) is 0 Å². The molecule has 0 aliphatic heterocycles. The molecule has 1 N–H and O–H groups in total. The third-order valence-electron chi connectivity index (χ3n) is 2.44. The number of ether oxygens (including phenoxy) is 1. The lowest BCUT2D eigenvalue weighted by atomic mass is 10.2. The van der Waals surface area contributed by atoms with Crippen molar-refractivity contribution in [1.82, 2.24) is 0 Å². The second-order valence-electron chi connectivity index (χ2n) is 3.94. The van der Waals surface area contributed by atoms with Crippen LogP contribution in [0.15, 0.2) is 48.5 Å². The van der Waals surface area contributed by atoms with E-state index in [1.54, 1.807) is 54.6 Å². The fourth-order valence-corrected chi connectivity index (χ4v) is 1.68. The van der Waals surface area contributed by atoms with Gasteiger partial charge in [0, 0.05) is 5.02 Å². The predicted molar refractivity (Wildman–Crippen MR) is 76.8 cm³/mol. The van der Waals surface area contributed by atoms with Crippen LogP contribution in [0.4, 0.5) is 5.69 Å². The van der Waals surface area contributed by atoms with Gasteiger partial charge in [0.15, 0.2) is 5.75 Å². The van der Waals surface area contributed by atoms with Gasteiger partial charge >= 0.3 is 0 Å². The third-order valence-corrected chi connectivity index (χ3v) is 2.69. The molecule has 0 radical (unpaired) electrons. The van der Waals surface area contributed by atoms with Crippen molar-refractivity contribution < 1.29 is 9.53 Å². The minimum absolute atomic E-state index is 0.199. The van der Waals surface area contributed by atoms with Gasteiger partial charge in [0.05, 0.1) is 11.8 Å². The van der Waals surface area contributed by atoms with E-state index in [-0.39, 0.29) is 12.3 Å². The molecule has 100 valence electrons. The molecule has 20 heavy (non-hydrogen) atoms. The normalized spacial score (nSPS) is 9.60. The molecule has 5 heteroatoms. The molecule has 0 heterocycles. The Kier molecular flexibility index (Phi) is 4.59. The van der Waals surface area contributed by atoms with E-state index in [4.69, 9.17) is 21.6 Å². The first-order chi connectivity index (χ1) is 9.69. The second-order valence-corrected chi connectivity index (χ2v) is 4.37. The summed E-state index contributed by atoms with van der Waals surface area (Å²) in [6.07, 6.45) is -0.199. The van der Waals surface area contributed by atoms with Gasteiger partial charge < -0.3 is 10.1 Å². The van der Waals surface area contributed by atoms with Crippen LogP contribution in [0.2, 0.25) is 5.02 Å². The Morgan fingerprint density at radius 1 is 1.20 bits per heavy atom. The van der Waals surface area contributed by atoms with Crippen molar-refractivity contribution in [1.29, 1.82) is 5.26 Å². The largest absolute Gasteiger partial charge is 0.455 e. The zero-order valence-electron chi connectivity index (χ0n) is 10.5. The Morgan fingerprint density at radius 2 is 1.90 bits per heavy atom. The molecule has 2 aromatic carbocycles. The van der Waals surface area contributed by atoms with Crippen molar-refractivity contribution >= 4 is 23.2 Å². The summed E-state index contributed by atoms with van der Waals surface area (Å²) in [5.74, 6) is 0.733. The molecule has 2 aromatic rings. The first-order valence-corrected chi connectivity index (χ1v) is 6.26. The third kappa shape index (κ3) is 3.74. The van der Waals surface area contributed by atoms with Gasteiger partial charge in [-0.1, -0.05) is 23.7 Å². The molecule has 4 nitrogen and oxygen atoms in total. The van der Waals surface area contributed by atoms with E-state index in [9.17, 15) is 4.79 Å². The SMILES string of the molecule is N#CCC(=O)Nc1ccccc1Oc1ccc(Cl)cc1. The van der Waals surface area contributed by atoms with Gasteiger partial charge in [-0.15, -0.1) is 0 Å². The summed E-state index contributed by atoms with van der Waals surface area (Å²) in [7, 11) is 0. The lowest BCUT2D eigenvalue weighted by molar-refractivity contribution is -0.115. The molecule has 0 saturated heterocycles. The molecular formula is C15H11ClN2O2. The standard InChI is InChI=1S/C15H11ClN2O2/c16-11-5-7-12(8-6-11)20-14-4-2-1-3-13(14)18-15(19)9-10-17/h1-8H,9H2,(H,18,19). The predicted octanol–water partition coefficient (Wildman–Crippen LogP) is 3.98. The topological polar surface area (TPSA) is 62.1 Å². The molecule has 1 amide bonds. The molecule has 0 fully saturated rings. The zero-order valence-corrected chi connectivity index (χ0v) is 11.2. The fraction of sp³-hybridized carbons (Fsp3) is 0.0667. The van der Waals surface area contributed by atoms with Gasteiger partial charge in [-0.2, -0.15) is 5.26 Å². The molecule has 0 aliphatic rings. The number of rotatable bonds is 4. The second kappa shape index (κ2) is 6.60. The van der Waals surface area contributed by atoms with Crippen LogP contribution < -0.4 is 10.1 Å². The molecule has 0 saturated carbocycles. The van der Waals surface area contributed by atoms with Crippen molar-refractivity contribution in [2.75, 3.05) is 5.32 Å². The maximum atomic E-state index is 11.5. The molecular weight excluding hydrogens is 276 g/mol. The quantitative estimate of drug-likeness (QED) is 0.924. The van der Waals surface area contributed by atoms with Crippen LogP contribution in [0.3, 0.4) is 0 Å². The van der Waals surface area contributed by atoms with Crippen LogP contribution in [0.5, 0.6) is 11.5 Å². The number of benzene rings is 2. The van der Waals surface area contributed by atoms with Crippen molar-refractivity contribution in [2.45, 2.75) is 6.42 Å². The van der Waals surface area contributed by atoms with Crippen molar-refractivity contribution in [3.8, 4) is 17.6 Å². The maximum absolute atomic E-state index is 11.5. The minimum Gasteiger partial charge on any atom is -0.455 e. The van der Waals surface area contributed by atoms with E-state index in [1.165, 1.54) is 0 Å². The molecule has 0 unspecified atom stereocenters. The number of nitriles is 1. The van der Waals surface area contributed by atoms with Crippen LogP contribution in [0.1, 0.15) is 6.42 Å². The van der Waals surface area contributed by atoms with E-state index in [0.717, 1.165) is 0 Å². The number of halogens is 1. The number of nitrogens with zero attached hydrogens (tertiary/aromatic N) is 1. The number of hydrogen-bond acceptors (Lipinski definition) is 3. The number of carbonyl (C=O) groups excluding carboxylic acids is 1. The summed E-state index contributed by atoms with van der Waals surface area (Å²) in [4.78, 5) is 11.5. The average Bonchev–Trinajstić information content (AvgIpc) is 2.44. The van der Waals surface area contributed by atoms with Crippen molar-refractivity contribution in [3.05, 3.63) is 53.6 Å². The summed E-state index contributed by atoms with van der Waals surface area (Å²) in [6, 6.07) is 15.7. The summed E-state index contributed by atoms with van der Waals surface area (Å²) in [5.41, 5.74) is 0.516. The van der Waals surface area contributed by atoms with Crippen LogP contribution in [0, 0.1) is 11.3 Å². The van der Waals surface area contributed by atoms with E-state index in [0.29, 0.717) is 22.2 Å². The Labute approximate surface area is 121 Å². The minimum atomic E-state index is -0.375. The van der Waals surface area contributed by atoms with Gasteiger partial charge in [-0.3, -0.25) is 4.79 Å². The number of hydrogen-bond donors (Lipinski definition) is 1. The number of amides is 1. The van der Waals surface area contributed by atoms with Gasteiger partial charge in [0.2, 0.25) is 5.91 Å². The van der Waals surface area contributed by atoms with Gasteiger partial charge in [-0.05, 0) is 36.4 Å². The lowest BCUT2D eigenvalue weighted by Gasteiger charge is -2.11. The molecule has 0 spiro atoms. The van der Waals surface area contributed by atoms with Crippen LogP contribution in [-0.2, 0) is 4.79 Å². The summed E-state index contributed by atoms with van der Waals surface area (Å²) >= 11 is 5.81. The molecule has 0 aliphatic carbocycles. The Hall–Kier alpha value is -2.51. The van der Waals surface area contributed by atoms with Crippen LogP contribution in [0.25, 0.3) is 0 Å². The van der Waals surface area contributed by atoms with E-state index < -0.39 is 0 Å². The van der Waals surface area contributed by atoms with E-state index >= 15 is 0 Å². The smallest absolute Gasteiger partial charge is 0.238 e. The highest BCUT2D eigenvalue weighted by Gasteiger charge is 2.08. The van der Waals surface area contributed by atoms with Gasteiger partial charge in [-0.25, -0.2) is 0 Å². The lowest BCUT2D eigenvalue weighted by Crippen LogP contribution is -2.10. The van der Waals surface area contributed by atoms with E-state index in [2.05, 4.69) is 5.32 Å². The fourth-order valence-electron chi connectivity index (χ4n) is 1.55. The first-order valence-electron chi connectivity index (χ1n) is 5.88. The highest BCUT2D eigenvalue weighted by Crippen LogP contribution is 2.29. The Balaban J connectivity index is 2.17. The molecule has 2 rings (SSSR count). The molecule has 0 aromatic heterocycles. The summed E-state index contributed by atoms with van der Waals surface area (Å²) in [5, 5.41) is 11.7. The number of anilines is 1.